The first-order valence-electron chi connectivity index (χ1n) is 5.71. The summed E-state index contributed by atoms with van der Waals surface area (Å²) in [6, 6.07) is 4.40. The van der Waals surface area contributed by atoms with Crippen LogP contribution in [0.25, 0.3) is 0 Å². The fourth-order valence-electron chi connectivity index (χ4n) is 1.55. The minimum absolute atomic E-state index is 0.0774. The molecule has 0 fully saturated rings. The van der Waals surface area contributed by atoms with E-state index in [0.29, 0.717) is 17.3 Å². The van der Waals surface area contributed by atoms with Crippen molar-refractivity contribution in [1.29, 1.82) is 0 Å². The second-order valence-corrected chi connectivity index (χ2v) is 4.78. The fraction of sp³-hybridized carbons (Fsp3) is 0.167. The van der Waals surface area contributed by atoms with Gasteiger partial charge >= 0.3 is 0 Å². The molecule has 0 aliphatic heterocycles. The number of rotatable bonds is 5. The quantitative estimate of drug-likeness (QED) is 0.830. The highest BCUT2D eigenvalue weighted by Crippen LogP contribution is 2.21. The number of thiocarbonyl (C=S) groups is 1. The summed E-state index contributed by atoms with van der Waals surface area (Å²) in [4.78, 5) is 0. The molecule has 8 heteroatoms. The zero-order valence-electron chi connectivity index (χ0n) is 10.3. The van der Waals surface area contributed by atoms with Crippen LogP contribution < -0.4 is 15.8 Å². The highest BCUT2D eigenvalue weighted by molar-refractivity contribution is 7.80. The maximum atomic E-state index is 13.7. The van der Waals surface area contributed by atoms with Gasteiger partial charge in [-0.15, -0.1) is 0 Å². The van der Waals surface area contributed by atoms with E-state index in [4.69, 9.17) is 22.1 Å². The van der Waals surface area contributed by atoms with Gasteiger partial charge in [0.2, 0.25) is 0 Å². The van der Waals surface area contributed by atoms with E-state index in [2.05, 4.69) is 22.6 Å². The lowest BCUT2D eigenvalue weighted by Gasteiger charge is -2.09. The third-order valence-electron chi connectivity index (χ3n) is 2.38. The molecular formula is C12H12ClFN4OS. The highest BCUT2D eigenvalue weighted by atomic mass is 35.5. The first-order chi connectivity index (χ1) is 9.54. The molecule has 5 nitrogen and oxygen atoms in total. The number of hydrogen-bond acceptors (Lipinski definition) is 3. The smallest absolute Gasteiger partial charge is 0.168 e. The van der Waals surface area contributed by atoms with Crippen molar-refractivity contribution in [1.82, 2.24) is 9.78 Å². The predicted molar refractivity (Wildman–Crippen MR) is 79.5 cm³/mol. The molecule has 0 aliphatic rings. The zero-order valence-corrected chi connectivity index (χ0v) is 11.9. The molecule has 0 saturated heterocycles. The number of halogens is 2. The third-order valence-corrected chi connectivity index (χ3v) is 2.68. The van der Waals surface area contributed by atoms with E-state index < -0.39 is 5.82 Å². The van der Waals surface area contributed by atoms with Crippen LogP contribution in [0.5, 0.6) is 5.75 Å². The van der Waals surface area contributed by atoms with Crippen LogP contribution in [0, 0.1) is 5.82 Å². The maximum Gasteiger partial charge on any atom is 0.168 e. The number of ether oxygens (including phenoxy) is 1. The van der Waals surface area contributed by atoms with Crippen molar-refractivity contribution in [3.63, 3.8) is 0 Å². The minimum atomic E-state index is -0.496. The van der Waals surface area contributed by atoms with Gasteiger partial charge in [-0.05, 0) is 24.4 Å². The number of nitrogens with two attached hydrogens (primary N) is 1. The van der Waals surface area contributed by atoms with Gasteiger partial charge in [0, 0.05) is 18.0 Å². The molecule has 0 aliphatic carbocycles. The molecule has 0 saturated carbocycles. The summed E-state index contributed by atoms with van der Waals surface area (Å²) in [7, 11) is 0. The van der Waals surface area contributed by atoms with Crippen LogP contribution in [0.2, 0.25) is 5.02 Å². The zero-order chi connectivity index (χ0) is 14.5. The molecule has 0 radical (unpaired) electrons. The second-order valence-electron chi connectivity index (χ2n) is 3.90. The molecule has 0 atom stereocenters. The summed E-state index contributed by atoms with van der Waals surface area (Å²) >= 11 is 10.4. The molecule has 3 N–H and O–H groups in total. The van der Waals surface area contributed by atoms with Crippen molar-refractivity contribution in [2.75, 3.05) is 11.9 Å². The number of aromatic nitrogens is 2. The van der Waals surface area contributed by atoms with Gasteiger partial charge in [-0.25, -0.2) is 4.39 Å². The fourth-order valence-corrected chi connectivity index (χ4v) is 1.82. The molecule has 2 rings (SSSR count). The van der Waals surface area contributed by atoms with Crippen molar-refractivity contribution in [2.45, 2.75) is 6.54 Å². The first kappa shape index (κ1) is 14.5. The molecular weight excluding hydrogens is 303 g/mol. The number of nitrogens with one attached hydrogen (secondary N) is 1. The van der Waals surface area contributed by atoms with E-state index in [1.54, 1.807) is 16.9 Å². The minimum Gasteiger partial charge on any atom is -0.489 e. The van der Waals surface area contributed by atoms with E-state index in [9.17, 15) is 4.39 Å². The Morgan fingerprint density at radius 3 is 2.95 bits per heavy atom. The Labute approximate surface area is 125 Å². The Bertz CT molecular complexity index is 619. The molecule has 0 amide bonds. The van der Waals surface area contributed by atoms with Crippen LogP contribution in [0.4, 0.5) is 10.1 Å². The lowest BCUT2D eigenvalue weighted by Crippen LogP contribution is -2.19. The average Bonchev–Trinajstić information content (AvgIpc) is 2.77. The standard InChI is InChI=1S/C12H12ClFN4OS/c13-8-6-16-18(7-8)3-4-19-11-2-1-9(5-10(11)14)17-12(15)20/h1-2,5-7H,3-4H2,(H3,15,17,20). The third kappa shape index (κ3) is 4.07. The Morgan fingerprint density at radius 1 is 1.55 bits per heavy atom. The van der Waals surface area contributed by atoms with Crippen LogP contribution in [0.15, 0.2) is 30.6 Å². The largest absolute Gasteiger partial charge is 0.489 e. The Balaban J connectivity index is 1.91. The molecule has 2 aromatic rings. The summed E-state index contributed by atoms with van der Waals surface area (Å²) in [6.07, 6.45) is 3.19. The van der Waals surface area contributed by atoms with Crippen molar-refractivity contribution in [3.8, 4) is 5.75 Å². The second kappa shape index (κ2) is 6.53. The van der Waals surface area contributed by atoms with Gasteiger partial charge in [0.15, 0.2) is 16.7 Å². The topological polar surface area (TPSA) is 65.1 Å². The molecule has 0 spiro atoms. The summed E-state index contributed by atoms with van der Waals surface area (Å²) in [6.45, 7) is 0.746. The lowest BCUT2D eigenvalue weighted by molar-refractivity contribution is 0.278. The van der Waals surface area contributed by atoms with Gasteiger partial charge in [0.25, 0.3) is 0 Å². The van der Waals surface area contributed by atoms with Gasteiger partial charge in [-0.1, -0.05) is 11.6 Å². The maximum absolute atomic E-state index is 13.7. The van der Waals surface area contributed by atoms with Gasteiger partial charge in [-0.3, -0.25) is 4.68 Å². The highest BCUT2D eigenvalue weighted by Gasteiger charge is 2.05. The van der Waals surface area contributed by atoms with E-state index in [1.807, 2.05) is 0 Å². The number of hydrogen-bond donors (Lipinski definition) is 2. The van der Waals surface area contributed by atoms with Crippen LogP contribution >= 0.6 is 23.8 Å². The van der Waals surface area contributed by atoms with E-state index in [1.165, 1.54) is 18.3 Å². The summed E-state index contributed by atoms with van der Waals surface area (Å²) in [5.41, 5.74) is 5.78. The van der Waals surface area contributed by atoms with Gasteiger partial charge < -0.3 is 15.8 Å². The van der Waals surface area contributed by atoms with Crippen molar-refractivity contribution >= 4 is 34.6 Å². The van der Waals surface area contributed by atoms with Crippen molar-refractivity contribution in [2.24, 2.45) is 5.73 Å². The average molecular weight is 315 g/mol. The molecule has 106 valence electrons. The predicted octanol–water partition coefficient (Wildman–Crippen LogP) is 2.41. The molecule has 0 unspecified atom stereocenters. The summed E-state index contributed by atoms with van der Waals surface area (Å²) in [5, 5.41) is 7.25. The molecule has 1 heterocycles. The Hall–Kier alpha value is -1.86. The van der Waals surface area contributed by atoms with E-state index in [0.717, 1.165) is 0 Å². The lowest BCUT2D eigenvalue weighted by atomic mass is 10.3. The molecule has 0 bridgehead atoms. The van der Waals surface area contributed by atoms with Gasteiger partial charge in [0.05, 0.1) is 17.8 Å². The van der Waals surface area contributed by atoms with Gasteiger partial charge in [-0.2, -0.15) is 5.10 Å². The molecule has 1 aromatic carbocycles. The summed E-state index contributed by atoms with van der Waals surface area (Å²) < 4.78 is 20.7. The molecule has 1 aromatic heterocycles. The normalized spacial score (nSPS) is 10.3. The van der Waals surface area contributed by atoms with Gasteiger partial charge in [0.1, 0.15) is 6.61 Å². The van der Waals surface area contributed by atoms with Crippen molar-refractivity contribution < 1.29 is 9.13 Å². The number of anilines is 1. The van der Waals surface area contributed by atoms with Crippen LogP contribution in [0.3, 0.4) is 0 Å². The van der Waals surface area contributed by atoms with Crippen LogP contribution in [-0.2, 0) is 6.54 Å². The molecule has 20 heavy (non-hydrogen) atoms. The monoisotopic (exact) mass is 314 g/mol. The SMILES string of the molecule is NC(=S)Nc1ccc(OCCn2cc(Cl)cn2)c(F)c1. The van der Waals surface area contributed by atoms with E-state index in [-0.39, 0.29) is 17.5 Å². The van der Waals surface area contributed by atoms with Crippen LogP contribution in [-0.4, -0.2) is 21.5 Å². The Morgan fingerprint density at radius 2 is 2.35 bits per heavy atom. The summed E-state index contributed by atoms with van der Waals surface area (Å²) in [5.74, 6) is -0.346. The van der Waals surface area contributed by atoms with Crippen LogP contribution in [0.1, 0.15) is 0 Å². The van der Waals surface area contributed by atoms with Crippen molar-refractivity contribution in [3.05, 3.63) is 41.4 Å². The number of benzene rings is 1. The van der Waals surface area contributed by atoms with E-state index >= 15 is 0 Å². The number of nitrogens with zero attached hydrogens (tertiary/aromatic N) is 2. The first-order valence-corrected chi connectivity index (χ1v) is 6.50. The Kier molecular flexibility index (Phi) is 4.75.